The van der Waals surface area contributed by atoms with Crippen LogP contribution in [-0.2, 0) is 17.2 Å². The highest BCUT2D eigenvalue weighted by atomic mass is 35.5. The van der Waals surface area contributed by atoms with Gasteiger partial charge in [0.05, 0.1) is 18.5 Å². The number of imidazole rings is 1. The van der Waals surface area contributed by atoms with E-state index in [2.05, 4.69) is 10.3 Å². The summed E-state index contributed by atoms with van der Waals surface area (Å²) in [6.07, 6.45) is 0.909. The molecule has 0 bridgehead atoms. The van der Waals surface area contributed by atoms with E-state index in [1.165, 1.54) is 0 Å². The normalized spacial score (nSPS) is 10.8. The van der Waals surface area contributed by atoms with Crippen LogP contribution in [-0.4, -0.2) is 29.1 Å². The van der Waals surface area contributed by atoms with Crippen LogP contribution in [0.3, 0.4) is 0 Å². The molecule has 2 rings (SSSR count). The van der Waals surface area contributed by atoms with Gasteiger partial charge in [-0.25, -0.2) is 4.98 Å². The molecule has 1 heterocycles. The third-order valence-corrected chi connectivity index (χ3v) is 3.27. The van der Waals surface area contributed by atoms with Crippen LogP contribution in [0.25, 0.3) is 11.0 Å². The van der Waals surface area contributed by atoms with Gasteiger partial charge < -0.3 is 14.6 Å². The first-order valence-corrected chi connectivity index (χ1v) is 7.09. The maximum absolute atomic E-state index is 11.9. The number of para-hydroxylation sites is 1. The smallest absolute Gasteiger partial charge is 0.240 e. The number of benzene rings is 1. The fourth-order valence-corrected chi connectivity index (χ4v) is 2.28. The van der Waals surface area contributed by atoms with Gasteiger partial charge >= 0.3 is 0 Å². The monoisotopic (exact) mass is 295 g/mol. The number of hydrogen-bond donors (Lipinski definition) is 1. The predicted molar refractivity (Wildman–Crippen MR) is 79.1 cm³/mol. The van der Waals surface area contributed by atoms with Crippen LogP contribution in [0.5, 0.6) is 5.75 Å². The van der Waals surface area contributed by atoms with Crippen LogP contribution in [0.2, 0.25) is 0 Å². The zero-order valence-corrected chi connectivity index (χ0v) is 12.4. The first-order valence-electron chi connectivity index (χ1n) is 6.56. The number of ether oxygens (including phenoxy) is 1. The zero-order valence-electron chi connectivity index (χ0n) is 11.6. The molecule has 1 amide bonds. The first-order chi connectivity index (χ1) is 9.71. The van der Waals surface area contributed by atoms with Crippen LogP contribution >= 0.6 is 11.6 Å². The SMILES string of the molecule is CCCNC(=O)Cn1c(CCl)nc2c(OC)cccc21. The van der Waals surface area contributed by atoms with Crippen LogP contribution in [0, 0.1) is 0 Å². The summed E-state index contributed by atoms with van der Waals surface area (Å²) in [5.74, 6) is 1.55. The summed E-state index contributed by atoms with van der Waals surface area (Å²) >= 11 is 5.93. The van der Waals surface area contributed by atoms with E-state index in [9.17, 15) is 4.79 Å². The number of halogens is 1. The average Bonchev–Trinajstić information content (AvgIpc) is 2.83. The molecule has 1 N–H and O–H groups in total. The average molecular weight is 296 g/mol. The molecule has 0 saturated carbocycles. The number of nitrogens with one attached hydrogen (secondary N) is 1. The molecule has 1 aromatic carbocycles. The van der Waals surface area contributed by atoms with Crippen molar-refractivity contribution in [3.63, 3.8) is 0 Å². The number of carbonyl (C=O) groups excluding carboxylic acids is 1. The molecule has 0 aliphatic carbocycles. The second-order valence-corrected chi connectivity index (χ2v) is 4.69. The Kier molecular flexibility index (Phi) is 4.84. The van der Waals surface area contributed by atoms with Crippen molar-refractivity contribution in [3.05, 3.63) is 24.0 Å². The first kappa shape index (κ1) is 14.7. The summed E-state index contributed by atoms with van der Waals surface area (Å²) in [5, 5.41) is 2.85. The lowest BCUT2D eigenvalue weighted by Crippen LogP contribution is -2.28. The molecule has 0 fully saturated rings. The topological polar surface area (TPSA) is 56.2 Å². The van der Waals surface area contributed by atoms with Gasteiger partial charge in [-0.05, 0) is 18.6 Å². The molecule has 0 radical (unpaired) electrons. The fraction of sp³-hybridized carbons (Fsp3) is 0.429. The zero-order chi connectivity index (χ0) is 14.5. The minimum Gasteiger partial charge on any atom is -0.494 e. The minimum atomic E-state index is -0.0414. The quantitative estimate of drug-likeness (QED) is 0.832. The molecular formula is C14H18ClN3O2. The van der Waals surface area contributed by atoms with Gasteiger partial charge in [-0.15, -0.1) is 11.6 Å². The van der Waals surface area contributed by atoms with Gasteiger partial charge in [0.1, 0.15) is 23.6 Å². The second kappa shape index (κ2) is 6.61. The molecule has 2 aromatic rings. The van der Waals surface area contributed by atoms with Crippen LogP contribution in [0.1, 0.15) is 19.2 Å². The van der Waals surface area contributed by atoms with Gasteiger partial charge in [-0.2, -0.15) is 0 Å². The third-order valence-electron chi connectivity index (χ3n) is 3.03. The number of carbonyl (C=O) groups is 1. The van der Waals surface area contributed by atoms with E-state index in [1.807, 2.05) is 29.7 Å². The van der Waals surface area contributed by atoms with Crippen LogP contribution in [0.15, 0.2) is 18.2 Å². The summed E-state index contributed by atoms with van der Waals surface area (Å²) in [5.41, 5.74) is 1.58. The van der Waals surface area contributed by atoms with E-state index in [0.29, 0.717) is 18.1 Å². The lowest BCUT2D eigenvalue weighted by Gasteiger charge is -2.08. The van der Waals surface area contributed by atoms with Gasteiger partial charge in [-0.1, -0.05) is 13.0 Å². The van der Waals surface area contributed by atoms with Crippen molar-refractivity contribution in [3.8, 4) is 5.75 Å². The maximum Gasteiger partial charge on any atom is 0.240 e. The highest BCUT2D eigenvalue weighted by Crippen LogP contribution is 2.26. The molecule has 20 heavy (non-hydrogen) atoms. The Morgan fingerprint density at radius 3 is 2.95 bits per heavy atom. The Morgan fingerprint density at radius 1 is 1.50 bits per heavy atom. The predicted octanol–water partition coefficient (Wildman–Crippen LogP) is 2.31. The van der Waals surface area contributed by atoms with Crippen molar-refractivity contribution in [2.75, 3.05) is 13.7 Å². The van der Waals surface area contributed by atoms with Crippen LogP contribution < -0.4 is 10.1 Å². The number of alkyl halides is 1. The Bertz CT molecular complexity index is 610. The molecule has 0 unspecified atom stereocenters. The van der Waals surface area contributed by atoms with E-state index in [-0.39, 0.29) is 18.3 Å². The van der Waals surface area contributed by atoms with Crippen LogP contribution in [0.4, 0.5) is 0 Å². The third kappa shape index (κ3) is 2.88. The molecule has 0 atom stereocenters. The molecule has 0 saturated heterocycles. The number of aromatic nitrogens is 2. The van der Waals surface area contributed by atoms with E-state index in [4.69, 9.17) is 16.3 Å². The molecule has 1 aromatic heterocycles. The minimum absolute atomic E-state index is 0.0414. The largest absolute Gasteiger partial charge is 0.494 e. The van der Waals surface area contributed by atoms with E-state index in [1.54, 1.807) is 7.11 Å². The summed E-state index contributed by atoms with van der Waals surface area (Å²) in [4.78, 5) is 16.4. The second-order valence-electron chi connectivity index (χ2n) is 4.43. The molecule has 0 spiro atoms. The number of hydrogen-bond acceptors (Lipinski definition) is 3. The fourth-order valence-electron chi connectivity index (χ4n) is 2.08. The lowest BCUT2D eigenvalue weighted by molar-refractivity contribution is -0.121. The lowest BCUT2D eigenvalue weighted by atomic mass is 10.3. The summed E-state index contributed by atoms with van der Waals surface area (Å²) in [6.45, 7) is 2.90. The Morgan fingerprint density at radius 2 is 2.30 bits per heavy atom. The van der Waals surface area contributed by atoms with Crippen molar-refractivity contribution < 1.29 is 9.53 Å². The number of amides is 1. The number of methoxy groups -OCH3 is 1. The molecule has 5 nitrogen and oxygen atoms in total. The standard InChI is InChI=1S/C14H18ClN3O2/c1-3-7-16-13(19)9-18-10-5-4-6-11(20-2)14(10)17-12(18)8-15/h4-6H,3,7-9H2,1-2H3,(H,16,19). The Hall–Kier alpha value is -1.75. The van der Waals surface area contributed by atoms with Crippen molar-refractivity contribution in [1.29, 1.82) is 0 Å². The Labute approximate surface area is 122 Å². The van der Waals surface area contributed by atoms with E-state index < -0.39 is 0 Å². The van der Waals surface area contributed by atoms with Crippen molar-refractivity contribution in [2.45, 2.75) is 25.8 Å². The van der Waals surface area contributed by atoms with Crippen molar-refractivity contribution in [2.24, 2.45) is 0 Å². The summed E-state index contributed by atoms with van der Waals surface area (Å²) in [7, 11) is 1.60. The highest BCUT2D eigenvalue weighted by molar-refractivity contribution is 6.17. The Balaban J connectivity index is 2.38. The number of rotatable bonds is 6. The van der Waals surface area contributed by atoms with E-state index >= 15 is 0 Å². The molecule has 0 aliphatic rings. The number of nitrogens with zero attached hydrogens (tertiary/aromatic N) is 2. The van der Waals surface area contributed by atoms with Gasteiger partial charge in [0.15, 0.2) is 0 Å². The van der Waals surface area contributed by atoms with E-state index in [0.717, 1.165) is 17.5 Å². The van der Waals surface area contributed by atoms with Crippen molar-refractivity contribution in [1.82, 2.24) is 14.9 Å². The molecule has 0 aliphatic heterocycles. The van der Waals surface area contributed by atoms with Crippen molar-refractivity contribution >= 4 is 28.5 Å². The summed E-state index contributed by atoms with van der Waals surface area (Å²) in [6, 6.07) is 5.63. The molecule has 108 valence electrons. The van der Waals surface area contributed by atoms with Gasteiger partial charge in [-0.3, -0.25) is 4.79 Å². The highest BCUT2D eigenvalue weighted by Gasteiger charge is 2.15. The molecule has 6 heteroatoms. The maximum atomic E-state index is 11.9. The number of fused-ring (bicyclic) bond motifs is 1. The summed E-state index contributed by atoms with van der Waals surface area (Å²) < 4.78 is 7.12. The van der Waals surface area contributed by atoms with Gasteiger partial charge in [0.2, 0.25) is 5.91 Å². The van der Waals surface area contributed by atoms with Gasteiger partial charge in [0, 0.05) is 6.54 Å². The molecular weight excluding hydrogens is 278 g/mol. The van der Waals surface area contributed by atoms with Gasteiger partial charge in [0.25, 0.3) is 0 Å².